The van der Waals surface area contributed by atoms with Crippen molar-refractivity contribution in [3.63, 3.8) is 0 Å². The number of hydrogen-bond acceptors (Lipinski definition) is 3. The van der Waals surface area contributed by atoms with Gasteiger partial charge in [-0.3, -0.25) is 4.79 Å². The minimum absolute atomic E-state index is 0.0580. The van der Waals surface area contributed by atoms with Gasteiger partial charge in [0.1, 0.15) is 0 Å². The topological polar surface area (TPSA) is 58.4 Å². The number of carbonyl (C=O) groups excluding carboxylic acids is 1. The fourth-order valence-electron chi connectivity index (χ4n) is 1.76. The van der Waals surface area contributed by atoms with Gasteiger partial charge in [0.2, 0.25) is 5.91 Å². The second-order valence-electron chi connectivity index (χ2n) is 5.17. The lowest BCUT2D eigenvalue weighted by atomic mass is 10.1. The van der Waals surface area contributed by atoms with Crippen LogP contribution < -0.4 is 16.0 Å². The molecule has 1 atom stereocenters. The summed E-state index contributed by atoms with van der Waals surface area (Å²) in [5.74, 6) is 0.115. The SMILES string of the molecule is CC(C)[C@H](N)C(=O)NCCCN(C)c1ccccc1. The van der Waals surface area contributed by atoms with E-state index in [2.05, 4.69) is 29.4 Å². The smallest absolute Gasteiger partial charge is 0.237 e. The van der Waals surface area contributed by atoms with Crippen molar-refractivity contribution in [1.82, 2.24) is 5.32 Å². The second kappa shape index (κ2) is 7.79. The third-order valence-corrected chi connectivity index (χ3v) is 3.19. The summed E-state index contributed by atoms with van der Waals surface area (Å²) >= 11 is 0. The Morgan fingerprint density at radius 2 is 1.95 bits per heavy atom. The number of anilines is 1. The molecule has 0 fully saturated rings. The van der Waals surface area contributed by atoms with Gasteiger partial charge in [-0.15, -0.1) is 0 Å². The predicted octanol–water partition coefficient (Wildman–Crippen LogP) is 1.61. The van der Waals surface area contributed by atoms with Crippen LogP contribution in [-0.2, 0) is 4.79 Å². The van der Waals surface area contributed by atoms with Crippen molar-refractivity contribution >= 4 is 11.6 Å². The first-order valence-corrected chi connectivity index (χ1v) is 6.82. The maximum absolute atomic E-state index is 11.6. The lowest BCUT2D eigenvalue weighted by molar-refractivity contribution is -0.123. The molecule has 3 N–H and O–H groups in total. The average molecular weight is 263 g/mol. The summed E-state index contributed by atoms with van der Waals surface area (Å²) in [6, 6.07) is 9.79. The van der Waals surface area contributed by atoms with Crippen molar-refractivity contribution in [3.8, 4) is 0 Å². The number of para-hydroxylation sites is 1. The van der Waals surface area contributed by atoms with Crippen LogP contribution in [0.25, 0.3) is 0 Å². The Kier molecular flexibility index (Phi) is 6.36. The number of hydrogen-bond donors (Lipinski definition) is 2. The predicted molar refractivity (Wildman–Crippen MR) is 80.2 cm³/mol. The van der Waals surface area contributed by atoms with Crippen molar-refractivity contribution in [2.45, 2.75) is 26.3 Å². The highest BCUT2D eigenvalue weighted by atomic mass is 16.2. The summed E-state index contributed by atoms with van der Waals surface area (Å²) in [6.07, 6.45) is 0.905. The molecule has 0 aliphatic heterocycles. The normalized spacial score (nSPS) is 12.3. The van der Waals surface area contributed by atoms with E-state index in [0.717, 1.165) is 13.0 Å². The van der Waals surface area contributed by atoms with E-state index in [1.54, 1.807) is 0 Å². The summed E-state index contributed by atoms with van der Waals surface area (Å²) in [5.41, 5.74) is 6.96. The van der Waals surface area contributed by atoms with Crippen LogP contribution in [0.3, 0.4) is 0 Å². The van der Waals surface area contributed by atoms with Gasteiger partial charge in [0, 0.05) is 25.8 Å². The highest BCUT2D eigenvalue weighted by molar-refractivity contribution is 5.81. The molecule has 0 saturated carbocycles. The monoisotopic (exact) mass is 263 g/mol. The van der Waals surface area contributed by atoms with Gasteiger partial charge in [0.25, 0.3) is 0 Å². The molecule has 1 aromatic rings. The van der Waals surface area contributed by atoms with Gasteiger partial charge in [-0.05, 0) is 24.5 Å². The van der Waals surface area contributed by atoms with Crippen LogP contribution in [0.5, 0.6) is 0 Å². The van der Waals surface area contributed by atoms with Gasteiger partial charge in [0.15, 0.2) is 0 Å². The van der Waals surface area contributed by atoms with E-state index in [-0.39, 0.29) is 11.8 Å². The highest BCUT2D eigenvalue weighted by Gasteiger charge is 2.16. The molecule has 0 spiro atoms. The van der Waals surface area contributed by atoms with Crippen LogP contribution in [0.1, 0.15) is 20.3 Å². The van der Waals surface area contributed by atoms with Crippen molar-refractivity contribution in [1.29, 1.82) is 0 Å². The Hall–Kier alpha value is -1.55. The number of nitrogens with one attached hydrogen (secondary N) is 1. The van der Waals surface area contributed by atoms with E-state index in [1.807, 2.05) is 32.0 Å². The van der Waals surface area contributed by atoms with Crippen molar-refractivity contribution in [2.75, 3.05) is 25.0 Å². The number of benzene rings is 1. The van der Waals surface area contributed by atoms with E-state index in [1.165, 1.54) is 5.69 Å². The van der Waals surface area contributed by atoms with Gasteiger partial charge in [0.05, 0.1) is 6.04 Å². The molecule has 0 aromatic heterocycles. The summed E-state index contributed by atoms with van der Waals surface area (Å²) in [5, 5.41) is 2.88. The number of rotatable bonds is 7. The number of carbonyl (C=O) groups is 1. The first-order chi connectivity index (χ1) is 9.02. The minimum atomic E-state index is -0.410. The largest absolute Gasteiger partial charge is 0.375 e. The molecular formula is C15H25N3O. The van der Waals surface area contributed by atoms with Crippen LogP contribution in [-0.4, -0.2) is 32.1 Å². The molecule has 0 bridgehead atoms. The Morgan fingerprint density at radius 1 is 1.32 bits per heavy atom. The molecule has 1 amide bonds. The Balaban J connectivity index is 2.23. The van der Waals surface area contributed by atoms with E-state index in [0.29, 0.717) is 6.54 Å². The summed E-state index contributed by atoms with van der Waals surface area (Å²) < 4.78 is 0. The molecule has 106 valence electrons. The first kappa shape index (κ1) is 15.5. The number of nitrogens with two attached hydrogens (primary N) is 1. The third-order valence-electron chi connectivity index (χ3n) is 3.19. The van der Waals surface area contributed by atoms with E-state index >= 15 is 0 Å². The maximum atomic E-state index is 11.6. The van der Waals surface area contributed by atoms with Gasteiger partial charge >= 0.3 is 0 Å². The van der Waals surface area contributed by atoms with Crippen LogP contribution in [0.4, 0.5) is 5.69 Å². The molecule has 0 radical (unpaired) electrons. The quantitative estimate of drug-likeness (QED) is 0.735. The van der Waals surface area contributed by atoms with E-state index in [9.17, 15) is 4.79 Å². The van der Waals surface area contributed by atoms with E-state index in [4.69, 9.17) is 5.73 Å². The lowest BCUT2D eigenvalue weighted by Gasteiger charge is -2.20. The molecule has 4 heteroatoms. The summed E-state index contributed by atoms with van der Waals surface area (Å²) in [6.45, 7) is 5.47. The van der Waals surface area contributed by atoms with Crippen molar-refractivity contribution in [2.24, 2.45) is 11.7 Å². The van der Waals surface area contributed by atoms with Gasteiger partial charge in [-0.2, -0.15) is 0 Å². The second-order valence-corrected chi connectivity index (χ2v) is 5.17. The fourth-order valence-corrected chi connectivity index (χ4v) is 1.76. The average Bonchev–Trinajstić information content (AvgIpc) is 2.43. The maximum Gasteiger partial charge on any atom is 0.237 e. The highest BCUT2D eigenvalue weighted by Crippen LogP contribution is 2.10. The van der Waals surface area contributed by atoms with Crippen molar-refractivity contribution in [3.05, 3.63) is 30.3 Å². The lowest BCUT2D eigenvalue weighted by Crippen LogP contribution is -2.44. The van der Waals surface area contributed by atoms with Gasteiger partial charge in [-0.1, -0.05) is 32.0 Å². The molecule has 1 rings (SSSR count). The zero-order chi connectivity index (χ0) is 14.3. The third kappa shape index (κ3) is 5.30. The molecule has 0 heterocycles. The minimum Gasteiger partial charge on any atom is -0.375 e. The summed E-state index contributed by atoms with van der Waals surface area (Å²) in [7, 11) is 2.05. The van der Waals surface area contributed by atoms with Crippen LogP contribution in [0, 0.1) is 5.92 Å². The van der Waals surface area contributed by atoms with Gasteiger partial charge in [-0.25, -0.2) is 0 Å². The zero-order valence-corrected chi connectivity index (χ0v) is 12.1. The first-order valence-electron chi connectivity index (χ1n) is 6.82. The molecule has 1 aromatic carbocycles. The Morgan fingerprint density at radius 3 is 2.53 bits per heavy atom. The summed E-state index contributed by atoms with van der Waals surface area (Å²) in [4.78, 5) is 13.8. The fraction of sp³-hybridized carbons (Fsp3) is 0.533. The van der Waals surface area contributed by atoms with Crippen LogP contribution in [0.15, 0.2) is 30.3 Å². The molecule has 0 aliphatic rings. The van der Waals surface area contributed by atoms with Crippen molar-refractivity contribution < 1.29 is 4.79 Å². The van der Waals surface area contributed by atoms with Gasteiger partial charge < -0.3 is 16.0 Å². The Labute approximate surface area is 116 Å². The molecular weight excluding hydrogens is 238 g/mol. The van der Waals surface area contributed by atoms with Crippen LogP contribution in [0.2, 0.25) is 0 Å². The molecule has 0 aliphatic carbocycles. The van der Waals surface area contributed by atoms with E-state index < -0.39 is 6.04 Å². The molecule has 19 heavy (non-hydrogen) atoms. The standard InChI is InChI=1S/C15H25N3O/c1-12(2)14(16)15(19)17-10-7-11-18(3)13-8-5-4-6-9-13/h4-6,8-9,12,14H,7,10-11,16H2,1-3H3,(H,17,19)/t14-/m0/s1. The number of amides is 1. The molecule has 4 nitrogen and oxygen atoms in total. The Bertz CT molecular complexity index is 378. The zero-order valence-electron chi connectivity index (χ0n) is 12.1. The molecule has 0 unspecified atom stereocenters. The van der Waals surface area contributed by atoms with Crippen LogP contribution >= 0.6 is 0 Å². The number of nitrogens with zero attached hydrogens (tertiary/aromatic N) is 1. The molecule has 0 saturated heterocycles.